The van der Waals surface area contributed by atoms with Crippen molar-refractivity contribution in [2.24, 2.45) is 0 Å². The van der Waals surface area contributed by atoms with Crippen molar-refractivity contribution in [2.45, 2.75) is 63.2 Å². The second-order valence-corrected chi connectivity index (χ2v) is 10.3. The standard InChI is InChI=1S/C26H34BFN6O3/c1-26-11-5-6-21(34(26)27(2)35)25(28)22(15-26)32(3)24-10-9-20(30-31-24)19-8-7-18(33-13-12-29-16-33)14-23(19)37-17-36-4/h7-10,12-14,16,21-22,25,35H,5-6,11,15,17H2,1-4H3/t21?,22-,25+,26-/m0/s1. The van der Waals surface area contributed by atoms with Crippen molar-refractivity contribution in [1.29, 1.82) is 0 Å². The zero-order valence-electron chi connectivity index (χ0n) is 21.8. The van der Waals surface area contributed by atoms with Gasteiger partial charge in [-0.05, 0) is 57.3 Å². The molecule has 0 spiro atoms. The summed E-state index contributed by atoms with van der Waals surface area (Å²) in [6, 6.07) is 8.90. The Morgan fingerprint density at radius 1 is 1.27 bits per heavy atom. The number of halogens is 1. The number of benzene rings is 1. The lowest BCUT2D eigenvalue weighted by Crippen LogP contribution is -2.71. The largest absolute Gasteiger partial charge is 0.467 e. The average molecular weight is 508 g/mol. The molecule has 2 saturated heterocycles. The van der Waals surface area contributed by atoms with Crippen LogP contribution in [0, 0.1) is 0 Å². The molecule has 2 bridgehead atoms. The van der Waals surface area contributed by atoms with E-state index in [-0.39, 0.29) is 24.4 Å². The van der Waals surface area contributed by atoms with Crippen LogP contribution in [-0.2, 0) is 4.74 Å². The second-order valence-electron chi connectivity index (χ2n) is 10.3. The van der Waals surface area contributed by atoms with Crippen LogP contribution in [0.25, 0.3) is 16.9 Å². The highest BCUT2D eigenvalue weighted by atomic mass is 19.1. The third-order valence-corrected chi connectivity index (χ3v) is 7.87. The Balaban J connectivity index is 1.39. The first-order chi connectivity index (χ1) is 17.8. The molecule has 2 aliphatic heterocycles. The molecule has 4 atom stereocenters. The van der Waals surface area contributed by atoms with Crippen LogP contribution >= 0.6 is 0 Å². The van der Waals surface area contributed by atoms with Gasteiger partial charge in [0.2, 0.25) is 0 Å². The van der Waals surface area contributed by atoms with E-state index >= 15 is 4.39 Å². The number of aromatic nitrogens is 4. The summed E-state index contributed by atoms with van der Waals surface area (Å²) < 4.78 is 28.7. The van der Waals surface area contributed by atoms with Crippen LogP contribution in [0.1, 0.15) is 32.6 Å². The molecule has 37 heavy (non-hydrogen) atoms. The fourth-order valence-electron chi connectivity index (χ4n) is 6.14. The van der Waals surface area contributed by atoms with Gasteiger partial charge in [0.25, 0.3) is 0 Å². The number of methoxy groups -OCH3 is 1. The number of ether oxygens (including phenoxy) is 2. The molecule has 0 saturated carbocycles. The number of anilines is 1. The molecule has 0 amide bonds. The van der Waals surface area contributed by atoms with Crippen LogP contribution < -0.4 is 9.64 Å². The van der Waals surface area contributed by atoms with Crippen molar-refractivity contribution in [1.82, 2.24) is 24.6 Å². The summed E-state index contributed by atoms with van der Waals surface area (Å²) in [7, 11) is 2.78. The Morgan fingerprint density at radius 2 is 2.11 bits per heavy atom. The second kappa shape index (κ2) is 10.4. The molecule has 0 radical (unpaired) electrons. The van der Waals surface area contributed by atoms with Gasteiger partial charge < -0.3 is 28.8 Å². The Morgan fingerprint density at radius 3 is 2.78 bits per heavy atom. The first-order valence-corrected chi connectivity index (χ1v) is 12.7. The van der Waals surface area contributed by atoms with Gasteiger partial charge in [0.15, 0.2) is 12.6 Å². The highest BCUT2D eigenvalue weighted by Crippen LogP contribution is 2.45. The zero-order chi connectivity index (χ0) is 26.2. The Kier molecular flexibility index (Phi) is 7.20. The lowest BCUT2D eigenvalue weighted by molar-refractivity contribution is -0.0319. The molecule has 5 rings (SSSR count). The monoisotopic (exact) mass is 508 g/mol. The molecule has 3 aromatic rings. The van der Waals surface area contributed by atoms with Crippen LogP contribution in [0.3, 0.4) is 0 Å². The molecule has 9 nitrogen and oxygen atoms in total. The van der Waals surface area contributed by atoms with Gasteiger partial charge in [-0.25, -0.2) is 9.37 Å². The quantitative estimate of drug-likeness (QED) is 0.365. The normalized spacial score (nSPS) is 25.6. The van der Waals surface area contributed by atoms with Crippen LogP contribution in [0.15, 0.2) is 49.1 Å². The average Bonchev–Trinajstić information content (AvgIpc) is 3.44. The van der Waals surface area contributed by atoms with Crippen molar-refractivity contribution >= 4 is 12.9 Å². The highest BCUT2D eigenvalue weighted by Gasteiger charge is 2.54. The van der Waals surface area contributed by atoms with Gasteiger partial charge in [0.05, 0.1) is 23.8 Å². The van der Waals surface area contributed by atoms with Crippen LogP contribution in [0.5, 0.6) is 5.75 Å². The van der Waals surface area contributed by atoms with Gasteiger partial charge in [0, 0.05) is 49.8 Å². The predicted molar refractivity (Wildman–Crippen MR) is 141 cm³/mol. The van der Waals surface area contributed by atoms with Gasteiger partial charge in [-0.3, -0.25) is 0 Å². The van der Waals surface area contributed by atoms with Gasteiger partial charge in [-0.2, -0.15) is 0 Å². The summed E-state index contributed by atoms with van der Waals surface area (Å²) in [5, 5.41) is 19.3. The minimum absolute atomic E-state index is 0.0949. The van der Waals surface area contributed by atoms with Crippen molar-refractivity contribution in [2.75, 3.05) is 25.9 Å². The number of hydrogen-bond acceptors (Lipinski definition) is 8. The summed E-state index contributed by atoms with van der Waals surface area (Å²) >= 11 is 0. The van der Waals surface area contributed by atoms with E-state index in [1.165, 1.54) is 0 Å². The third kappa shape index (κ3) is 4.83. The predicted octanol–water partition coefficient (Wildman–Crippen LogP) is 3.58. The summed E-state index contributed by atoms with van der Waals surface area (Å²) in [6.07, 6.45) is 7.47. The van der Waals surface area contributed by atoms with Crippen molar-refractivity contribution < 1.29 is 18.9 Å². The van der Waals surface area contributed by atoms with E-state index in [1.807, 2.05) is 57.9 Å². The first kappa shape index (κ1) is 25.6. The molecule has 0 aliphatic carbocycles. The summed E-state index contributed by atoms with van der Waals surface area (Å²) in [5.74, 6) is 1.22. The number of hydrogen-bond donors (Lipinski definition) is 1. The SMILES string of the molecule is COCOc1cc(-n2ccnc2)ccc1-c1ccc(N(C)[C@H]2C[C@]3(C)CCCC([C@H]2F)N3B(C)O)nn1. The number of fused-ring (bicyclic) bond motifs is 2. The minimum Gasteiger partial charge on any atom is -0.467 e. The van der Waals surface area contributed by atoms with Crippen molar-refractivity contribution in [3.05, 3.63) is 49.1 Å². The van der Waals surface area contributed by atoms with E-state index in [2.05, 4.69) is 22.1 Å². The number of piperidine rings is 2. The van der Waals surface area contributed by atoms with Crippen LogP contribution in [-0.4, -0.2) is 81.4 Å². The van der Waals surface area contributed by atoms with E-state index in [0.717, 1.165) is 30.5 Å². The maximum absolute atomic E-state index is 15.8. The minimum atomic E-state index is -1.10. The summed E-state index contributed by atoms with van der Waals surface area (Å²) in [4.78, 5) is 7.99. The highest BCUT2D eigenvalue weighted by molar-refractivity contribution is 6.45. The molecule has 196 valence electrons. The van der Waals surface area contributed by atoms with Crippen LogP contribution in [0.2, 0.25) is 6.82 Å². The number of alkyl halides is 1. The zero-order valence-corrected chi connectivity index (χ0v) is 21.8. The third-order valence-electron chi connectivity index (χ3n) is 7.87. The van der Waals surface area contributed by atoms with Crippen molar-refractivity contribution in [3.63, 3.8) is 0 Å². The molecule has 1 unspecified atom stereocenters. The molecule has 2 fully saturated rings. The lowest BCUT2D eigenvalue weighted by atomic mass is 9.64. The smallest absolute Gasteiger partial charge is 0.377 e. The van der Waals surface area contributed by atoms with E-state index < -0.39 is 13.2 Å². The van der Waals surface area contributed by atoms with E-state index in [0.29, 0.717) is 23.7 Å². The first-order valence-electron chi connectivity index (χ1n) is 12.7. The Hall–Kier alpha value is -3.02. The molecule has 1 aromatic carbocycles. The van der Waals surface area contributed by atoms with Crippen LogP contribution in [0.4, 0.5) is 10.2 Å². The number of rotatable bonds is 8. The molecule has 11 heteroatoms. The van der Waals surface area contributed by atoms with Gasteiger partial charge >= 0.3 is 7.05 Å². The van der Waals surface area contributed by atoms with Gasteiger partial charge in [0.1, 0.15) is 11.9 Å². The Labute approximate surface area is 217 Å². The van der Waals surface area contributed by atoms with Gasteiger partial charge in [-0.1, -0.05) is 6.42 Å². The topological polar surface area (TPSA) is 88.8 Å². The fraction of sp³-hybridized carbons (Fsp3) is 0.500. The van der Waals surface area contributed by atoms with E-state index in [1.54, 1.807) is 26.5 Å². The van der Waals surface area contributed by atoms with Crippen molar-refractivity contribution in [3.8, 4) is 22.7 Å². The summed E-state index contributed by atoms with van der Waals surface area (Å²) in [5.41, 5.74) is 2.06. The van der Waals surface area contributed by atoms with E-state index in [4.69, 9.17) is 9.47 Å². The number of nitrogens with zero attached hydrogens (tertiary/aromatic N) is 6. The molecule has 2 aromatic heterocycles. The van der Waals surface area contributed by atoms with E-state index in [9.17, 15) is 5.02 Å². The molecule has 1 N–H and O–H groups in total. The Bertz CT molecular complexity index is 1200. The molecule has 4 heterocycles. The molecular weight excluding hydrogens is 474 g/mol. The summed E-state index contributed by atoms with van der Waals surface area (Å²) in [6.45, 7) is 3.98. The lowest BCUT2D eigenvalue weighted by Gasteiger charge is -2.59. The maximum Gasteiger partial charge on any atom is 0.377 e. The maximum atomic E-state index is 15.8. The number of imidazole rings is 1. The fourth-order valence-corrected chi connectivity index (χ4v) is 6.14. The molecule has 2 aliphatic rings. The molecular formula is C26H34BFN6O3. The van der Waals surface area contributed by atoms with Gasteiger partial charge in [-0.15, -0.1) is 10.2 Å².